The molecule has 1 unspecified atom stereocenters. The van der Waals surface area contributed by atoms with Crippen molar-refractivity contribution in [1.29, 1.82) is 0 Å². The molecule has 0 aliphatic carbocycles. The number of pyridine rings is 1. The van der Waals surface area contributed by atoms with Gasteiger partial charge < -0.3 is 10.2 Å². The molecule has 5 rings (SSSR count). The van der Waals surface area contributed by atoms with E-state index < -0.39 is 5.67 Å². The van der Waals surface area contributed by atoms with Crippen molar-refractivity contribution < 1.29 is 4.39 Å². The molecule has 2 aliphatic heterocycles. The summed E-state index contributed by atoms with van der Waals surface area (Å²) in [6.07, 6.45) is 4.55. The zero-order chi connectivity index (χ0) is 23.5. The monoisotopic (exact) mass is 449 g/mol. The Balaban J connectivity index is 1.45. The summed E-state index contributed by atoms with van der Waals surface area (Å²) in [5.41, 5.74) is 4.55. The maximum absolute atomic E-state index is 14.8. The fourth-order valence-electron chi connectivity index (χ4n) is 5.02. The minimum absolute atomic E-state index is 0.00434. The molecular formula is C25H32FN7. The Bertz CT molecular complexity index is 1240. The number of nitrogens with one attached hydrogen (secondary N) is 1. The highest BCUT2D eigenvalue weighted by molar-refractivity contribution is 5.92. The number of likely N-dealkylation sites (tertiary alicyclic amines) is 1. The van der Waals surface area contributed by atoms with Gasteiger partial charge in [-0.25, -0.2) is 13.9 Å². The van der Waals surface area contributed by atoms with Gasteiger partial charge in [-0.2, -0.15) is 0 Å². The van der Waals surface area contributed by atoms with E-state index in [1.165, 1.54) is 5.71 Å². The second-order valence-electron chi connectivity index (χ2n) is 10.4. The van der Waals surface area contributed by atoms with Crippen molar-refractivity contribution in [1.82, 2.24) is 24.5 Å². The van der Waals surface area contributed by atoms with E-state index in [2.05, 4.69) is 49.2 Å². The van der Waals surface area contributed by atoms with Gasteiger partial charge >= 0.3 is 0 Å². The third-order valence-corrected chi connectivity index (χ3v) is 7.67. The van der Waals surface area contributed by atoms with Crippen molar-refractivity contribution >= 4 is 22.9 Å². The van der Waals surface area contributed by atoms with Crippen LogP contribution in [0.5, 0.6) is 0 Å². The molecule has 5 heterocycles. The third kappa shape index (κ3) is 3.70. The Morgan fingerprint density at radius 2 is 2.00 bits per heavy atom. The molecule has 1 fully saturated rings. The lowest BCUT2D eigenvalue weighted by Crippen LogP contribution is -2.39. The first-order chi connectivity index (χ1) is 15.6. The van der Waals surface area contributed by atoms with E-state index in [4.69, 9.17) is 9.98 Å². The Morgan fingerprint density at radius 1 is 1.21 bits per heavy atom. The number of likely N-dealkylation sites (N-methyl/N-ethyl adjacent to an activating group) is 1. The molecule has 7 nitrogen and oxygen atoms in total. The van der Waals surface area contributed by atoms with Crippen molar-refractivity contribution in [2.24, 2.45) is 16.3 Å². The Kier molecular flexibility index (Phi) is 5.04. The van der Waals surface area contributed by atoms with E-state index in [-0.39, 0.29) is 11.5 Å². The number of alkyl halides is 1. The molecule has 174 valence electrons. The Hall–Kier alpha value is -2.87. The summed E-state index contributed by atoms with van der Waals surface area (Å²) in [6.45, 7) is 11.5. The highest BCUT2D eigenvalue weighted by Gasteiger charge is 2.42. The summed E-state index contributed by atoms with van der Waals surface area (Å²) < 4.78 is 16.6. The maximum atomic E-state index is 14.8. The largest absolute Gasteiger partial charge is 0.346 e. The van der Waals surface area contributed by atoms with Gasteiger partial charge in [-0.1, -0.05) is 20.8 Å². The molecule has 1 N–H and O–H groups in total. The van der Waals surface area contributed by atoms with Crippen LogP contribution in [0.2, 0.25) is 0 Å². The average molecular weight is 450 g/mol. The van der Waals surface area contributed by atoms with E-state index >= 15 is 0 Å². The van der Waals surface area contributed by atoms with Crippen LogP contribution < -0.4 is 5.32 Å². The summed E-state index contributed by atoms with van der Waals surface area (Å²) in [7, 11) is 1.92. The fourth-order valence-corrected chi connectivity index (χ4v) is 5.02. The molecule has 8 heteroatoms. The van der Waals surface area contributed by atoms with E-state index in [0.29, 0.717) is 25.0 Å². The molecule has 0 bridgehead atoms. The summed E-state index contributed by atoms with van der Waals surface area (Å²) in [4.78, 5) is 16.3. The topological polar surface area (TPSA) is 70.7 Å². The molecule has 0 amide bonds. The number of aliphatic imine (C=N–C) groups is 1. The minimum Gasteiger partial charge on any atom is -0.346 e. The van der Waals surface area contributed by atoms with Crippen molar-refractivity contribution in [3.63, 3.8) is 0 Å². The molecule has 3 atom stereocenters. The highest BCUT2D eigenvalue weighted by Crippen LogP contribution is 2.41. The molecule has 0 aromatic carbocycles. The van der Waals surface area contributed by atoms with Crippen LogP contribution in [0.4, 0.5) is 16.0 Å². The first-order valence-corrected chi connectivity index (χ1v) is 11.6. The lowest BCUT2D eigenvalue weighted by Gasteiger charge is -2.37. The van der Waals surface area contributed by atoms with E-state index in [0.717, 1.165) is 34.6 Å². The van der Waals surface area contributed by atoms with Gasteiger partial charge in [0.1, 0.15) is 5.67 Å². The molecule has 3 aromatic rings. The third-order valence-electron chi connectivity index (χ3n) is 7.67. The molecule has 1 saturated heterocycles. The van der Waals surface area contributed by atoms with Crippen molar-refractivity contribution in [2.75, 3.05) is 25.5 Å². The zero-order valence-electron chi connectivity index (χ0n) is 20.2. The van der Waals surface area contributed by atoms with Crippen LogP contribution >= 0.6 is 0 Å². The van der Waals surface area contributed by atoms with E-state index in [9.17, 15) is 4.39 Å². The first-order valence-electron chi connectivity index (χ1n) is 11.6. The number of hydrogen-bond donors (Lipinski definition) is 1. The molecule has 0 radical (unpaired) electrons. The number of hydrogen-bond acceptors (Lipinski definition) is 6. The van der Waals surface area contributed by atoms with Gasteiger partial charge in [0, 0.05) is 42.4 Å². The van der Waals surface area contributed by atoms with E-state index in [1.807, 2.05) is 30.3 Å². The maximum Gasteiger partial charge on any atom is 0.241 e. The second-order valence-corrected chi connectivity index (χ2v) is 10.4. The van der Waals surface area contributed by atoms with Gasteiger partial charge in [0.15, 0.2) is 0 Å². The summed E-state index contributed by atoms with van der Waals surface area (Å²) in [6, 6.07) is 5.72. The molecule has 0 spiro atoms. The van der Waals surface area contributed by atoms with Crippen LogP contribution in [0.25, 0.3) is 16.8 Å². The Labute approximate surface area is 194 Å². The van der Waals surface area contributed by atoms with Crippen molar-refractivity contribution in [3.8, 4) is 11.3 Å². The number of anilines is 1. The number of halogens is 1. The Morgan fingerprint density at radius 3 is 2.70 bits per heavy atom. The van der Waals surface area contributed by atoms with Crippen LogP contribution in [0, 0.1) is 11.3 Å². The van der Waals surface area contributed by atoms with Crippen molar-refractivity contribution in [2.45, 2.75) is 52.8 Å². The van der Waals surface area contributed by atoms with Crippen molar-refractivity contribution in [3.05, 3.63) is 36.3 Å². The predicted molar refractivity (Wildman–Crippen MR) is 130 cm³/mol. The SMILES string of the molecule is CC1=Nc2ccc(-c3ccn4nc(N[C@@H]5CN(C)CC5(C)F)ncc34)nc2C[C@@]1(C)C(C)C. The number of rotatable bonds is 4. The number of aromatic nitrogens is 4. The van der Waals surface area contributed by atoms with Gasteiger partial charge in [0.2, 0.25) is 5.95 Å². The minimum atomic E-state index is -1.33. The number of fused-ring (bicyclic) bond motifs is 2. The van der Waals surface area contributed by atoms with Crippen LogP contribution in [-0.2, 0) is 6.42 Å². The summed E-state index contributed by atoms with van der Waals surface area (Å²) in [5, 5.41) is 7.76. The zero-order valence-corrected chi connectivity index (χ0v) is 20.2. The van der Waals surface area contributed by atoms with E-state index in [1.54, 1.807) is 17.6 Å². The predicted octanol–water partition coefficient (Wildman–Crippen LogP) is 4.56. The van der Waals surface area contributed by atoms with Gasteiger partial charge in [0.25, 0.3) is 0 Å². The normalized spacial score (nSPS) is 27.8. The van der Waals surface area contributed by atoms with Gasteiger partial charge in [0.05, 0.1) is 34.8 Å². The average Bonchev–Trinajstić information content (AvgIpc) is 3.27. The first kappa shape index (κ1) is 21.9. The fraction of sp³-hybridized carbons (Fsp3) is 0.520. The lowest BCUT2D eigenvalue weighted by atomic mass is 9.70. The van der Waals surface area contributed by atoms with Crippen LogP contribution in [0.15, 0.2) is 35.6 Å². The van der Waals surface area contributed by atoms with Gasteiger partial charge in [-0.3, -0.25) is 9.98 Å². The lowest BCUT2D eigenvalue weighted by molar-refractivity contribution is 0.187. The second kappa shape index (κ2) is 7.58. The number of nitrogens with zero attached hydrogens (tertiary/aromatic N) is 6. The quantitative estimate of drug-likeness (QED) is 0.632. The van der Waals surface area contributed by atoms with Crippen LogP contribution in [0.3, 0.4) is 0 Å². The van der Waals surface area contributed by atoms with Gasteiger partial charge in [-0.15, -0.1) is 5.10 Å². The van der Waals surface area contributed by atoms with Gasteiger partial charge in [-0.05, 0) is 45.0 Å². The van der Waals surface area contributed by atoms with Crippen LogP contribution in [-0.4, -0.2) is 62.0 Å². The highest BCUT2D eigenvalue weighted by atomic mass is 19.1. The molecule has 3 aromatic heterocycles. The molecule has 0 saturated carbocycles. The molecule has 2 aliphatic rings. The molecular weight excluding hydrogens is 417 g/mol. The summed E-state index contributed by atoms with van der Waals surface area (Å²) in [5.74, 6) is 0.894. The molecule has 33 heavy (non-hydrogen) atoms. The van der Waals surface area contributed by atoms with Crippen LogP contribution in [0.1, 0.15) is 40.3 Å². The standard InChI is InChI=1S/C25H32FN7/c1-15(2)24(4)11-20-19(28-16(24)3)8-7-18(29-20)17-9-10-33-21(17)12-27-23(31-33)30-22-13-32(6)14-25(22,5)26/h7-10,12,15,22H,11,13-14H2,1-6H3,(H,30,31)/t22-,24+,25?/m1/s1. The summed E-state index contributed by atoms with van der Waals surface area (Å²) >= 11 is 0. The smallest absolute Gasteiger partial charge is 0.241 e.